The third-order valence-electron chi connectivity index (χ3n) is 5.73. The van der Waals surface area contributed by atoms with Crippen molar-refractivity contribution < 1.29 is 9.53 Å². The molecule has 1 aromatic heterocycles. The average Bonchev–Trinajstić information content (AvgIpc) is 3.05. The fraction of sp³-hybridized carbons (Fsp3) is 0.154. The summed E-state index contributed by atoms with van der Waals surface area (Å²) < 4.78 is 10.2. The van der Waals surface area contributed by atoms with Gasteiger partial charge in [0.05, 0.1) is 11.3 Å². The highest BCUT2D eigenvalue weighted by Crippen LogP contribution is 2.37. The SMILES string of the molecule is Cc1ccc(NC(=O)Cn2c3c(c(=O)n2-c2ccccc2)Cc2cc(Br)ccc2O3)c(C)c1. The monoisotopic (exact) mass is 503 g/mol. The number of fused-ring (bicyclic) bond motifs is 2. The van der Waals surface area contributed by atoms with E-state index in [1.165, 1.54) is 4.68 Å². The molecule has 6 nitrogen and oxygen atoms in total. The standard InChI is InChI=1S/C26H22BrN3O3/c1-16-8-10-22(17(2)12-16)28-24(31)15-29-26-21(14-18-13-19(27)9-11-23(18)33-26)25(32)30(29)20-6-4-3-5-7-20/h3-13H,14-15H2,1-2H3,(H,28,31). The summed E-state index contributed by atoms with van der Waals surface area (Å²) in [6.07, 6.45) is 0.432. The van der Waals surface area contributed by atoms with Crippen LogP contribution < -0.4 is 15.6 Å². The maximum absolute atomic E-state index is 13.5. The van der Waals surface area contributed by atoms with E-state index in [-0.39, 0.29) is 18.0 Å². The predicted molar refractivity (Wildman–Crippen MR) is 132 cm³/mol. The molecule has 0 aliphatic carbocycles. The van der Waals surface area contributed by atoms with E-state index >= 15 is 0 Å². The first-order valence-corrected chi connectivity index (χ1v) is 11.4. The number of benzene rings is 3. The summed E-state index contributed by atoms with van der Waals surface area (Å²) in [4.78, 5) is 26.6. The van der Waals surface area contributed by atoms with Crippen LogP contribution in [-0.4, -0.2) is 15.3 Å². The first kappa shape index (κ1) is 21.3. The Balaban J connectivity index is 1.57. The molecule has 2 heterocycles. The first-order valence-electron chi connectivity index (χ1n) is 10.6. The number of ether oxygens (including phenoxy) is 1. The number of halogens is 1. The molecule has 0 radical (unpaired) electrons. The van der Waals surface area contributed by atoms with Crippen LogP contribution in [0.3, 0.4) is 0 Å². The molecule has 0 spiro atoms. The molecule has 7 heteroatoms. The van der Waals surface area contributed by atoms with Crippen LogP contribution >= 0.6 is 15.9 Å². The minimum absolute atomic E-state index is 0.0708. The van der Waals surface area contributed by atoms with Crippen molar-refractivity contribution in [2.45, 2.75) is 26.8 Å². The van der Waals surface area contributed by atoms with Crippen molar-refractivity contribution in [2.75, 3.05) is 5.32 Å². The molecule has 3 aromatic carbocycles. The molecule has 0 bridgehead atoms. The molecular weight excluding hydrogens is 482 g/mol. The Morgan fingerprint density at radius 3 is 2.61 bits per heavy atom. The number of nitrogens with zero attached hydrogens (tertiary/aromatic N) is 2. The maximum Gasteiger partial charge on any atom is 0.278 e. The van der Waals surface area contributed by atoms with Crippen LogP contribution in [0.1, 0.15) is 22.3 Å². The number of hydrogen-bond donors (Lipinski definition) is 1. The minimum atomic E-state index is -0.241. The van der Waals surface area contributed by atoms with Crippen LogP contribution in [0.15, 0.2) is 76.0 Å². The molecule has 1 N–H and O–H groups in total. The van der Waals surface area contributed by atoms with E-state index in [4.69, 9.17) is 4.74 Å². The molecular formula is C26H22BrN3O3. The topological polar surface area (TPSA) is 65.3 Å². The molecule has 1 aliphatic rings. The third kappa shape index (κ3) is 4.00. The van der Waals surface area contributed by atoms with Crippen LogP contribution in [0.4, 0.5) is 5.69 Å². The predicted octanol–water partition coefficient (Wildman–Crippen LogP) is 5.35. The van der Waals surface area contributed by atoms with E-state index in [1.807, 2.05) is 80.6 Å². The van der Waals surface area contributed by atoms with E-state index in [9.17, 15) is 9.59 Å². The molecule has 0 saturated heterocycles. The zero-order valence-corrected chi connectivity index (χ0v) is 19.8. The van der Waals surface area contributed by atoms with Crippen molar-refractivity contribution in [3.63, 3.8) is 0 Å². The van der Waals surface area contributed by atoms with Crippen LogP contribution in [0.2, 0.25) is 0 Å². The van der Waals surface area contributed by atoms with Crippen molar-refractivity contribution in [3.8, 4) is 17.3 Å². The smallest absolute Gasteiger partial charge is 0.278 e. The van der Waals surface area contributed by atoms with E-state index in [0.29, 0.717) is 29.3 Å². The van der Waals surface area contributed by atoms with Gasteiger partial charge in [-0.1, -0.05) is 51.8 Å². The van der Waals surface area contributed by atoms with Gasteiger partial charge in [-0.05, 0) is 55.8 Å². The molecule has 166 valence electrons. The van der Waals surface area contributed by atoms with E-state index in [1.54, 1.807) is 4.68 Å². The number of hydrogen-bond acceptors (Lipinski definition) is 3. The van der Waals surface area contributed by atoms with E-state index in [2.05, 4.69) is 21.2 Å². The highest BCUT2D eigenvalue weighted by Gasteiger charge is 2.29. The summed E-state index contributed by atoms with van der Waals surface area (Å²) in [5.41, 5.74) is 4.79. The van der Waals surface area contributed by atoms with Crippen molar-refractivity contribution in [1.82, 2.24) is 9.36 Å². The van der Waals surface area contributed by atoms with Gasteiger partial charge in [0, 0.05) is 22.1 Å². The highest BCUT2D eigenvalue weighted by atomic mass is 79.9. The van der Waals surface area contributed by atoms with Gasteiger partial charge in [-0.3, -0.25) is 9.59 Å². The minimum Gasteiger partial charge on any atom is -0.439 e. The zero-order valence-electron chi connectivity index (χ0n) is 18.3. The number of aryl methyl sites for hydroxylation is 2. The van der Waals surface area contributed by atoms with Gasteiger partial charge in [-0.2, -0.15) is 0 Å². The molecule has 5 rings (SSSR count). The zero-order chi connectivity index (χ0) is 23.1. The molecule has 0 fully saturated rings. The first-order chi connectivity index (χ1) is 15.9. The summed E-state index contributed by atoms with van der Waals surface area (Å²) in [5, 5.41) is 2.97. The summed E-state index contributed by atoms with van der Waals surface area (Å²) in [6.45, 7) is 3.90. The lowest BCUT2D eigenvalue weighted by Crippen LogP contribution is -2.27. The largest absolute Gasteiger partial charge is 0.439 e. The number of carbonyl (C=O) groups excluding carboxylic acids is 1. The lowest BCUT2D eigenvalue weighted by Gasteiger charge is -2.20. The summed E-state index contributed by atoms with van der Waals surface area (Å²) in [7, 11) is 0. The second-order valence-corrected chi connectivity index (χ2v) is 9.11. The Labute approximate surface area is 199 Å². The number of rotatable bonds is 4. The molecule has 1 aliphatic heterocycles. The molecule has 0 saturated carbocycles. The lowest BCUT2D eigenvalue weighted by molar-refractivity contribution is -0.117. The number of amides is 1. The van der Waals surface area contributed by atoms with Crippen LogP contribution in [0, 0.1) is 13.8 Å². The van der Waals surface area contributed by atoms with Gasteiger partial charge in [-0.25, -0.2) is 9.36 Å². The van der Waals surface area contributed by atoms with Crippen molar-refractivity contribution in [2.24, 2.45) is 0 Å². The fourth-order valence-electron chi connectivity index (χ4n) is 4.17. The number of nitrogens with one attached hydrogen (secondary N) is 1. The fourth-order valence-corrected chi connectivity index (χ4v) is 4.58. The maximum atomic E-state index is 13.5. The Bertz CT molecular complexity index is 1440. The van der Waals surface area contributed by atoms with E-state index < -0.39 is 0 Å². The second kappa shape index (κ2) is 8.41. The van der Waals surface area contributed by atoms with Crippen molar-refractivity contribution in [1.29, 1.82) is 0 Å². The van der Waals surface area contributed by atoms with Crippen molar-refractivity contribution in [3.05, 3.63) is 104 Å². The lowest BCUT2D eigenvalue weighted by atomic mass is 10.0. The third-order valence-corrected chi connectivity index (χ3v) is 6.22. The Kier molecular flexibility index (Phi) is 5.42. The Morgan fingerprint density at radius 2 is 1.85 bits per heavy atom. The quantitative estimate of drug-likeness (QED) is 0.359. The van der Waals surface area contributed by atoms with Gasteiger partial charge in [0.1, 0.15) is 12.3 Å². The molecule has 33 heavy (non-hydrogen) atoms. The van der Waals surface area contributed by atoms with Crippen LogP contribution in [0.25, 0.3) is 5.69 Å². The van der Waals surface area contributed by atoms with Crippen LogP contribution in [-0.2, 0) is 17.8 Å². The molecule has 1 amide bonds. The summed E-state index contributed by atoms with van der Waals surface area (Å²) >= 11 is 3.48. The number of aromatic nitrogens is 2. The normalized spacial score (nSPS) is 12.0. The Morgan fingerprint density at radius 1 is 1.06 bits per heavy atom. The van der Waals surface area contributed by atoms with Crippen molar-refractivity contribution >= 4 is 27.5 Å². The van der Waals surface area contributed by atoms with Gasteiger partial charge in [0.15, 0.2) is 0 Å². The van der Waals surface area contributed by atoms with Gasteiger partial charge >= 0.3 is 0 Å². The van der Waals surface area contributed by atoms with Gasteiger partial charge in [0.2, 0.25) is 11.8 Å². The number of anilines is 1. The highest BCUT2D eigenvalue weighted by molar-refractivity contribution is 9.10. The van der Waals surface area contributed by atoms with Gasteiger partial charge in [-0.15, -0.1) is 0 Å². The van der Waals surface area contributed by atoms with E-state index in [0.717, 1.165) is 26.9 Å². The molecule has 0 unspecified atom stereocenters. The van der Waals surface area contributed by atoms with Crippen LogP contribution in [0.5, 0.6) is 11.6 Å². The second-order valence-electron chi connectivity index (χ2n) is 8.19. The molecule has 4 aromatic rings. The average molecular weight is 504 g/mol. The molecule has 0 atom stereocenters. The summed E-state index contributed by atoms with van der Waals surface area (Å²) in [5.74, 6) is 0.837. The number of para-hydroxylation sites is 1. The number of carbonyl (C=O) groups is 1. The summed E-state index contributed by atoms with van der Waals surface area (Å²) in [6, 6.07) is 20.9. The van der Waals surface area contributed by atoms with Gasteiger partial charge in [0.25, 0.3) is 5.56 Å². The van der Waals surface area contributed by atoms with Gasteiger partial charge < -0.3 is 10.1 Å². The Hall–Kier alpha value is -3.58.